The highest BCUT2D eigenvalue weighted by Gasteiger charge is 1.95. The van der Waals surface area contributed by atoms with Crippen LogP contribution in [0.1, 0.15) is 26.7 Å². The maximum absolute atomic E-state index is 10.7. The molecule has 1 amide bonds. The van der Waals surface area contributed by atoms with Gasteiger partial charge in [-0.25, -0.2) is 4.79 Å². The maximum Gasteiger partial charge on any atom is 0.411 e. The number of amides is 1. The first-order chi connectivity index (χ1) is 5.31. The van der Waals surface area contributed by atoms with Gasteiger partial charge < -0.3 is 4.74 Å². The second-order valence-electron chi connectivity index (χ2n) is 2.13. The molecule has 0 aromatic heterocycles. The lowest BCUT2D eigenvalue weighted by Gasteiger charge is -2.01. The van der Waals surface area contributed by atoms with Crippen LogP contribution in [0.3, 0.4) is 0 Å². The second kappa shape index (κ2) is 10.7. The molecule has 0 saturated carbocycles. The number of rotatable bonds is 4. The minimum atomic E-state index is -0.378. The number of hydrogen-bond donors (Lipinski definition) is 1. The van der Waals surface area contributed by atoms with Crippen molar-refractivity contribution in [1.29, 1.82) is 0 Å². The van der Waals surface area contributed by atoms with Crippen LogP contribution < -0.4 is 5.32 Å². The van der Waals surface area contributed by atoms with E-state index < -0.39 is 0 Å². The maximum atomic E-state index is 10.7. The summed E-state index contributed by atoms with van der Waals surface area (Å²) in [5, 5.41) is 2.45. The second-order valence-corrected chi connectivity index (χ2v) is 2.13. The van der Waals surface area contributed by atoms with Crippen molar-refractivity contribution in [2.75, 3.05) is 6.61 Å². The summed E-state index contributed by atoms with van der Waals surface area (Å²) in [6.07, 6.45) is 4.87. The Morgan fingerprint density at radius 1 is 1.58 bits per heavy atom. The van der Waals surface area contributed by atoms with E-state index in [0.29, 0.717) is 6.61 Å². The Balaban J connectivity index is 0. The third kappa shape index (κ3) is 9.74. The molecule has 72 valence electrons. The van der Waals surface area contributed by atoms with E-state index in [-0.39, 0.29) is 30.1 Å². The van der Waals surface area contributed by atoms with Crippen molar-refractivity contribution >= 4 is 30.1 Å². The third-order valence-corrected chi connectivity index (χ3v) is 1.10. The number of carbonyl (C=O) groups excluding carboxylic acids is 1. The van der Waals surface area contributed by atoms with Crippen molar-refractivity contribution in [2.45, 2.75) is 26.7 Å². The highest BCUT2D eigenvalue weighted by molar-refractivity contribution is 14.0. The van der Waals surface area contributed by atoms with Gasteiger partial charge in [0.2, 0.25) is 0 Å². The number of carbonyl (C=O) groups is 1. The average Bonchev–Trinajstić information content (AvgIpc) is 2.01. The molecule has 0 bridgehead atoms. The Labute approximate surface area is 90.6 Å². The molecule has 4 heteroatoms. The number of halogens is 1. The molecule has 0 radical (unpaired) electrons. The molecule has 0 aromatic rings. The first-order valence-electron chi connectivity index (χ1n) is 3.85. The van der Waals surface area contributed by atoms with Gasteiger partial charge in [0.1, 0.15) is 0 Å². The lowest BCUT2D eigenvalue weighted by molar-refractivity contribution is 0.148. The summed E-state index contributed by atoms with van der Waals surface area (Å²) in [4.78, 5) is 10.7. The Bertz CT molecular complexity index is 137. The van der Waals surface area contributed by atoms with Crippen LogP contribution in [0.15, 0.2) is 12.3 Å². The summed E-state index contributed by atoms with van der Waals surface area (Å²) in [6.45, 7) is 4.37. The van der Waals surface area contributed by atoms with Gasteiger partial charge in [-0.15, -0.1) is 24.0 Å². The number of ether oxygens (including phenoxy) is 1. The summed E-state index contributed by atoms with van der Waals surface area (Å²) in [6, 6.07) is 0. The van der Waals surface area contributed by atoms with Crippen LogP contribution in [0.5, 0.6) is 0 Å². The van der Waals surface area contributed by atoms with E-state index >= 15 is 0 Å². The fourth-order valence-corrected chi connectivity index (χ4v) is 0.502. The number of allylic oxidation sites excluding steroid dienone is 1. The Morgan fingerprint density at radius 2 is 2.25 bits per heavy atom. The van der Waals surface area contributed by atoms with Gasteiger partial charge in [-0.3, -0.25) is 5.32 Å². The monoisotopic (exact) mass is 285 g/mol. The summed E-state index contributed by atoms with van der Waals surface area (Å²) in [5.41, 5.74) is 0. The van der Waals surface area contributed by atoms with Gasteiger partial charge >= 0.3 is 6.09 Å². The molecular formula is C8H16INO2. The highest BCUT2D eigenvalue weighted by atomic mass is 127. The van der Waals surface area contributed by atoms with E-state index in [4.69, 9.17) is 4.74 Å². The normalized spacial score (nSPS) is 9.17. The number of alkyl carbamates (subject to hydrolysis) is 1. The molecule has 0 saturated heterocycles. The van der Waals surface area contributed by atoms with Crippen molar-refractivity contribution in [3.05, 3.63) is 12.3 Å². The van der Waals surface area contributed by atoms with Crippen LogP contribution in [0.2, 0.25) is 0 Å². The Morgan fingerprint density at radius 3 is 2.75 bits per heavy atom. The van der Waals surface area contributed by atoms with Crippen LogP contribution in [0.4, 0.5) is 4.79 Å². The van der Waals surface area contributed by atoms with Gasteiger partial charge in [0.05, 0.1) is 6.61 Å². The van der Waals surface area contributed by atoms with Crippen LogP contribution in [0, 0.1) is 0 Å². The third-order valence-electron chi connectivity index (χ3n) is 1.10. The van der Waals surface area contributed by atoms with Crippen LogP contribution in [-0.4, -0.2) is 12.7 Å². The molecule has 1 N–H and O–H groups in total. The van der Waals surface area contributed by atoms with E-state index in [1.54, 1.807) is 12.3 Å². The van der Waals surface area contributed by atoms with E-state index in [2.05, 4.69) is 5.32 Å². The van der Waals surface area contributed by atoms with Crippen LogP contribution in [-0.2, 0) is 4.74 Å². The summed E-state index contributed by atoms with van der Waals surface area (Å²) >= 11 is 0. The standard InChI is InChI=1S/C8H15NO2.HI/c1-3-5-7-11-8(10)9-6-4-2;/h4,6H,3,5,7H2,1-2H3,(H,9,10);1H. The van der Waals surface area contributed by atoms with Gasteiger partial charge in [0, 0.05) is 6.20 Å². The lowest BCUT2D eigenvalue weighted by Crippen LogP contribution is -2.18. The molecule has 0 aliphatic carbocycles. The summed E-state index contributed by atoms with van der Waals surface area (Å²) < 4.78 is 4.78. The van der Waals surface area contributed by atoms with Gasteiger partial charge in [-0.1, -0.05) is 19.4 Å². The van der Waals surface area contributed by atoms with Gasteiger partial charge in [-0.05, 0) is 13.3 Å². The molecule has 0 atom stereocenters. The fraction of sp³-hybridized carbons (Fsp3) is 0.625. The molecule has 0 heterocycles. The predicted octanol–water partition coefficient (Wildman–Crippen LogP) is 2.66. The predicted molar refractivity (Wildman–Crippen MR) is 59.6 cm³/mol. The van der Waals surface area contributed by atoms with Crippen LogP contribution in [0.25, 0.3) is 0 Å². The van der Waals surface area contributed by atoms with E-state index in [1.165, 1.54) is 0 Å². The average molecular weight is 285 g/mol. The Hall–Kier alpha value is -0.260. The molecule has 0 fully saturated rings. The summed E-state index contributed by atoms with van der Waals surface area (Å²) in [5.74, 6) is 0. The van der Waals surface area contributed by atoms with Gasteiger partial charge in [-0.2, -0.15) is 0 Å². The SMILES string of the molecule is CC=CNC(=O)OCCCC.I. The molecule has 0 aromatic carbocycles. The van der Waals surface area contributed by atoms with Crippen molar-refractivity contribution in [1.82, 2.24) is 5.32 Å². The zero-order valence-corrected chi connectivity index (χ0v) is 9.83. The number of unbranched alkanes of at least 4 members (excludes halogenated alkanes) is 1. The number of nitrogens with one attached hydrogen (secondary N) is 1. The zero-order valence-electron chi connectivity index (χ0n) is 7.50. The van der Waals surface area contributed by atoms with Crippen LogP contribution >= 0.6 is 24.0 Å². The van der Waals surface area contributed by atoms with Crippen molar-refractivity contribution in [3.8, 4) is 0 Å². The minimum absolute atomic E-state index is 0. The van der Waals surface area contributed by atoms with Crippen molar-refractivity contribution < 1.29 is 9.53 Å². The molecule has 0 unspecified atom stereocenters. The molecule has 0 aliphatic heterocycles. The van der Waals surface area contributed by atoms with E-state index in [1.807, 2.05) is 13.8 Å². The fourth-order valence-electron chi connectivity index (χ4n) is 0.502. The first kappa shape index (κ1) is 14.3. The lowest BCUT2D eigenvalue weighted by atomic mass is 10.4. The van der Waals surface area contributed by atoms with Gasteiger partial charge in [0.15, 0.2) is 0 Å². The molecule has 12 heavy (non-hydrogen) atoms. The zero-order chi connectivity index (χ0) is 8.53. The molecule has 0 rings (SSSR count). The highest BCUT2D eigenvalue weighted by Crippen LogP contribution is 1.87. The molecule has 0 spiro atoms. The molecule has 3 nitrogen and oxygen atoms in total. The first-order valence-corrected chi connectivity index (χ1v) is 3.85. The largest absolute Gasteiger partial charge is 0.449 e. The Kier molecular flexibility index (Phi) is 12.8. The summed E-state index contributed by atoms with van der Waals surface area (Å²) in [7, 11) is 0. The van der Waals surface area contributed by atoms with Crippen molar-refractivity contribution in [3.63, 3.8) is 0 Å². The quantitative estimate of drug-likeness (QED) is 0.637. The number of hydrogen-bond acceptors (Lipinski definition) is 2. The smallest absolute Gasteiger partial charge is 0.411 e. The van der Waals surface area contributed by atoms with E-state index in [9.17, 15) is 4.79 Å². The van der Waals surface area contributed by atoms with Gasteiger partial charge in [0.25, 0.3) is 0 Å². The minimum Gasteiger partial charge on any atom is -0.449 e. The molecular weight excluding hydrogens is 269 g/mol. The molecule has 0 aliphatic rings. The van der Waals surface area contributed by atoms with Crippen molar-refractivity contribution in [2.24, 2.45) is 0 Å². The van der Waals surface area contributed by atoms with E-state index in [0.717, 1.165) is 12.8 Å². The topological polar surface area (TPSA) is 38.3 Å².